The Balaban J connectivity index is 2.71. The van der Waals surface area contributed by atoms with Crippen molar-refractivity contribution in [1.82, 2.24) is 5.32 Å². The van der Waals surface area contributed by atoms with Gasteiger partial charge in [0.25, 0.3) is 0 Å². The Hall–Kier alpha value is -0.250. The van der Waals surface area contributed by atoms with Gasteiger partial charge in [-0.2, -0.15) is 0 Å². The number of nitrogens with one attached hydrogen (secondary N) is 1. The van der Waals surface area contributed by atoms with Crippen LogP contribution in [0.25, 0.3) is 0 Å². The normalized spacial score (nSPS) is 11.6. The molecule has 1 aromatic carbocycles. The number of alkyl halides is 1. The zero-order valence-electron chi connectivity index (χ0n) is 10.5. The van der Waals surface area contributed by atoms with Crippen LogP contribution in [0.3, 0.4) is 0 Å². The smallest absolute Gasteiger partial charge is 0.123 e. The summed E-state index contributed by atoms with van der Waals surface area (Å²) in [4.78, 5) is 0. The van der Waals surface area contributed by atoms with Crippen LogP contribution in [-0.2, 0) is 6.54 Å². The third-order valence-corrected chi connectivity index (χ3v) is 3.35. The van der Waals surface area contributed by atoms with Crippen LogP contribution < -0.4 is 10.1 Å². The molecule has 17 heavy (non-hydrogen) atoms. The van der Waals surface area contributed by atoms with Gasteiger partial charge in [0.15, 0.2) is 0 Å². The molecule has 0 unspecified atom stereocenters. The second-order valence-electron chi connectivity index (χ2n) is 4.63. The maximum absolute atomic E-state index is 5.99. The van der Waals surface area contributed by atoms with Crippen molar-refractivity contribution in [2.24, 2.45) is 0 Å². The maximum Gasteiger partial charge on any atom is 0.123 e. The first kappa shape index (κ1) is 14.8. The highest BCUT2D eigenvalue weighted by Gasteiger charge is 2.16. The van der Waals surface area contributed by atoms with Crippen LogP contribution in [0.4, 0.5) is 0 Å². The van der Waals surface area contributed by atoms with Gasteiger partial charge in [0.05, 0.1) is 7.11 Å². The van der Waals surface area contributed by atoms with Crippen LogP contribution in [0, 0.1) is 0 Å². The molecule has 0 atom stereocenters. The van der Waals surface area contributed by atoms with Gasteiger partial charge in [0, 0.05) is 28.0 Å². The first-order chi connectivity index (χ1) is 7.98. The van der Waals surface area contributed by atoms with E-state index in [1.165, 1.54) is 0 Å². The zero-order chi connectivity index (χ0) is 12.9. The second kappa shape index (κ2) is 6.62. The summed E-state index contributed by atoms with van der Waals surface area (Å²) in [6.45, 7) is 5.13. The number of benzene rings is 1. The van der Waals surface area contributed by atoms with Gasteiger partial charge in [0.1, 0.15) is 5.75 Å². The molecule has 1 aromatic rings. The lowest BCUT2D eigenvalue weighted by molar-refractivity contribution is 0.367. The third-order valence-electron chi connectivity index (χ3n) is 2.72. The van der Waals surface area contributed by atoms with Crippen LogP contribution in [0.1, 0.15) is 25.8 Å². The average Bonchev–Trinajstić information content (AvgIpc) is 2.27. The van der Waals surface area contributed by atoms with Crippen molar-refractivity contribution in [1.29, 1.82) is 0 Å². The predicted octanol–water partition coefficient (Wildman–Crippen LogP) is 4.00. The topological polar surface area (TPSA) is 21.3 Å². The Bertz CT molecular complexity index is 368. The van der Waals surface area contributed by atoms with Crippen LogP contribution in [0.2, 0.25) is 5.02 Å². The van der Waals surface area contributed by atoms with Crippen LogP contribution in [0.15, 0.2) is 18.2 Å². The fourth-order valence-corrected chi connectivity index (χ4v) is 2.73. The number of halogens is 2. The average molecular weight is 321 g/mol. The number of rotatable bonds is 6. The summed E-state index contributed by atoms with van der Waals surface area (Å²) in [5, 5.41) is 5.23. The molecule has 0 spiro atoms. The molecule has 0 heterocycles. The van der Waals surface area contributed by atoms with E-state index in [1.54, 1.807) is 7.11 Å². The number of methoxy groups -OCH3 is 1. The van der Waals surface area contributed by atoms with E-state index in [-0.39, 0.29) is 5.54 Å². The Labute approximate surface area is 117 Å². The molecule has 1 N–H and O–H groups in total. The molecule has 0 saturated carbocycles. The van der Waals surface area contributed by atoms with E-state index >= 15 is 0 Å². The van der Waals surface area contributed by atoms with E-state index in [0.717, 1.165) is 34.6 Å². The molecule has 0 saturated heterocycles. The lowest BCUT2D eigenvalue weighted by Crippen LogP contribution is -2.39. The second-order valence-corrected chi connectivity index (χ2v) is 5.86. The Morgan fingerprint density at radius 1 is 1.41 bits per heavy atom. The van der Waals surface area contributed by atoms with E-state index in [2.05, 4.69) is 35.1 Å². The molecule has 0 bridgehead atoms. The van der Waals surface area contributed by atoms with Gasteiger partial charge >= 0.3 is 0 Å². The van der Waals surface area contributed by atoms with Crippen LogP contribution >= 0.6 is 27.5 Å². The summed E-state index contributed by atoms with van der Waals surface area (Å²) in [5.74, 6) is 0.872. The number of ether oxygens (including phenoxy) is 1. The van der Waals surface area contributed by atoms with Crippen molar-refractivity contribution < 1.29 is 4.74 Å². The molecular formula is C13H19BrClNO. The van der Waals surface area contributed by atoms with Gasteiger partial charge in [-0.3, -0.25) is 0 Å². The Morgan fingerprint density at radius 2 is 2.12 bits per heavy atom. The maximum atomic E-state index is 5.99. The van der Waals surface area contributed by atoms with Crippen molar-refractivity contribution in [3.05, 3.63) is 28.8 Å². The molecule has 4 heteroatoms. The summed E-state index contributed by atoms with van der Waals surface area (Å²) >= 11 is 9.46. The highest BCUT2D eigenvalue weighted by Crippen LogP contribution is 2.23. The Kier molecular flexibility index (Phi) is 5.77. The van der Waals surface area contributed by atoms with Gasteiger partial charge in [-0.15, -0.1) is 0 Å². The molecule has 0 radical (unpaired) electrons. The zero-order valence-corrected chi connectivity index (χ0v) is 12.9. The largest absolute Gasteiger partial charge is 0.496 e. The molecule has 2 nitrogen and oxygen atoms in total. The SMILES string of the molecule is COc1ccc(Cl)cc1CNC(C)(C)CCBr. The highest BCUT2D eigenvalue weighted by atomic mass is 79.9. The first-order valence-corrected chi connectivity index (χ1v) is 7.12. The molecule has 0 aliphatic rings. The summed E-state index contributed by atoms with van der Waals surface area (Å²) in [7, 11) is 1.68. The summed E-state index contributed by atoms with van der Waals surface area (Å²) in [6.07, 6.45) is 1.07. The lowest BCUT2D eigenvalue weighted by atomic mass is 10.0. The molecular weight excluding hydrogens is 302 g/mol. The minimum absolute atomic E-state index is 0.0941. The van der Waals surface area contributed by atoms with E-state index in [1.807, 2.05) is 18.2 Å². The van der Waals surface area contributed by atoms with E-state index in [0.29, 0.717) is 0 Å². The minimum Gasteiger partial charge on any atom is -0.496 e. The van der Waals surface area contributed by atoms with Crippen molar-refractivity contribution in [3.63, 3.8) is 0 Å². The van der Waals surface area contributed by atoms with E-state index in [9.17, 15) is 0 Å². The summed E-state index contributed by atoms with van der Waals surface area (Å²) in [5.41, 5.74) is 1.18. The van der Waals surface area contributed by atoms with Crippen LogP contribution in [0.5, 0.6) is 5.75 Å². The lowest BCUT2D eigenvalue weighted by Gasteiger charge is -2.26. The van der Waals surface area contributed by atoms with Crippen molar-refractivity contribution >= 4 is 27.5 Å². The van der Waals surface area contributed by atoms with Crippen molar-refractivity contribution in [2.75, 3.05) is 12.4 Å². The number of hydrogen-bond acceptors (Lipinski definition) is 2. The monoisotopic (exact) mass is 319 g/mol. The third kappa shape index (κ3) is 4.86. The van der Waals surface area contributed by atoms with Gasteiger partial charge < -0.3 is 10.1 Å². The first-order valence-electron chi connectivity index (χ1n) is 5.62. The predicted molar refractivity (Wildman–Crippen MR) is 77.3 cm³/mol. The van der Waals surface area contributed by atoms with E-state index in [4.69, 9.17) is 16.3 Å². The van der Waals surface area contributed by atoms with Gasteiger partial charge in [0.2, 0.25) is 0 Å². The molecule has 0 aliphatic carbocycles. The van der Waals surface area contributed by atoms with Gasteiger partial charge in [-0.25, -0.2) is 0 Å². The fraction of sp³-hybridized carbons (Fsp3) is 0.538. The van der Waals surface area contributed by atoms with Crippen molar-refractivity contribution in [2.45, 2.75) is 32.4 Å². The van der Waals surface area contributed by atoms with Crippen LogP contribution in [-0.4, -0.2) is 18.0 Å². The number of hydrogen-bond donors (Lipinski definition) is 1. The minimum atomic E-state index is 0.0941. The highest BCUT2D eigenvalue weighted by molar-refractivity contribution is 9.09. The molecule has 0 amide bonds. The molecule has 0 aromatic heterocycles. The quantitative estimate of drug-likeness (QED) is 0.800. The molecule has 0 aliphatic heterocycles. The molecule has 1 rings (SSSR count). The standard InChI is InChI=1S/C13H19BrClNO/c1-13(2,6-7-14)16-9-10-8-11(15)4-5-12(10)17-3/h4-5,8,16H,6-7,9H2,1-3H3. The Morgan fingerprint density at radius 3 is 2.71 bits per heavy atom. The van der Waals surface area contributed by atoms with E-state index < -0.39 is 0 Å². The van der Waals surface area contributed by atoms with Gasteiger partial charge in [-0.05, 0) is 38.5 Å². The molecule has 96 valence electrons. The fourth-order valence-electron chi connectivity index (χ4n) is 1.54. The summed E-state index contributed by atoms with van der Waals surface area (Å²) in [6, 6.07) is 5.68. The van der Waals surface area contributed by atoms with Crippen molar-refractivity contribution in [3.8, 4) is 5.75 Å². The van der Waals surface area contributed by atoms with Gasteiger partial charge in [-0.1, -0.05) is 27.5 Å². The summed E-state index contributed by atoms with van der Waals surface area (Å²) < 4.78 is 5.32. The molecule has 0 fully saturated rings.